The monoisotopic (exact) mass is 271 g/mol. The molecule has 0 fully saturated rings. The molecule has 6 nitrogen and oxygen atoms in total. The third-order valence-electron chi connectivity index (χ3n) is 2.88. The zero-order chi connectivity index (χ0) is 14.5. The molecule has 112 valence electrons. The summed E-state index contributed by atoms with van der Waals surface area (Å²) in [5, 5.41) is 2.86. The molecule has 7 N–H and O–H groups in total. The van der Waals surface area contributed by atoms with Crippen LogP contribution >= 0.6 is 0 Å². The Morgan fingerprint density at radius 1 is 1.16 bits per heavy atom. The molecule has 0 radical (unpaired) electrons. The molecular weight excluding hydrogens is 242 g/mol. The van der Waals surface area contributed by atoms with Crippen LogP contribution in [0.5, 0.6) is 0 Å². The molecule has 0 aromatic carbocycles. The molecule has 0 aromatic heterocycles. The van der Waals surface area contributed by atoms with Gasteiger partial charge in [0.1, 0.15) is 0 Å². The van der Waals surface area contributed by atoms with Crippen LogP contribution in [-0.2, 0) is 4.79 Å². The Labute approximate surface area is 116 Å². The lowest BCUT2D eigenvalue weighted by atomic mass is 10.1. The first-order valence-corrected chi connectivity index (χ1v) is 7.16. The molecular formula is C13H29N5O. The van der Waals surface area contributed by atoms with Crippen molar-refractivity contribution < 1.29 is 4.79 Å². The number of aliphatic imine (C=N–C) groups is 1. The van der Waals surface area contributed by atoms with Gasteiger partial charge in [0.15, 0.2) is 5.96 Å². The van der Waals surface area contributed by atoms with Gasteiger partial charge in [-0.25, -0.2) is 0 Å². The second-order valence-corrected chi connectivity index (χ2v) is 4.76. The number of hydrogen-bond acceptors (Lipinski definition) is 3. The summed E-state index contributed by atoms with van der Waals surface area (Å²) in [7, 11) is 0. The van der Waals surface area contributed by atoms with Gasteiger partial charge in [-0.1, -0.05) is 32.6 Å². The van der Waals surface area contributed by atoms with E-state index < -0.39 is 6.04 Å². The molecule has 0 spiro atoms. The normalized spacial score (nSPS) is 11.9. The average molecular weight is 271 g/mol. The maximum Gasteiger partial charge on any atom is 0.236 e. The Hall–Kier alpha value is -1.30. The molecule has 0 bridgehead atoms. The number of carbonyl (C=O) groups excluding carboxylic acids is 1. The molecule has 0 saturated carbocycles. The van der Waals surface area contributed by atoms with Crippen molar-refractivity contribution in [1.29, 1.82) is 0 Å². The largest absolute Gasteiger partial charge is 0.370 e. The van der Waals surface area contributed by atoms with Gasteiger partial charge >= 0.3 is 0 Å². The van der Waals surface area contributed by atoms with E-state index in [1.807, 2.05) is 0 Å². The minimum atomic E-state index is -0.468. The first-order valence-electron chi connectivity index (χ1n) is 7.16. The van der Waals surface area contributed by atoms with Gasteiger partial charge in [0, 0.05) is 13.1 Å². The van der Waals surface area contributed by atoms with Gasteiger partial charge in [0.05, 0.1) is 6.04 Å². The standard InChI is InChI=1S/C13H29N5O/c1-2-3-4-5-6-9-17-12(19)11(14)8-7-10-18-13(15)16/h11H,2-10,14H2,1H3,(H,17,19)(H4,15,16,18). The number of rotatable bonds is 11. The quantitative estimate of drug-likeness (QED) is 0.248. The number of amides is 1. The molecule has 0 aliphatic carbocycles. The molecule has 1 unspecified atom stereocenters. The molecule has 1 amide bonds. The summed E-state index contributed by atoms with van der Waals surface area (Å²) >= 11 is 0. The smallest absolute Gasteiger partial charge is 0.236 e. The minimum absolute atomic E-state index is 0.0742. The number of guanidine groups is 1. The van der Waals surface area contributed by atoms with E-state index in [4.69, 9.17) is 17.2 Å². The third-order valence-corrected chi connectivity index (χ3v) is 2.88. The summed E-state index contributed by atoms with van der Waals surface area (Å²) in [5.74, 6) is -0.00899. The maximum atomic E-state index is 11.6. The lowest BCUT2D eigenvalue weighted by Crippen LogP contribution is -2.41. The van der Waals surface area contributed by atoms with Crippen LogP contribution in [0.4, 0.5) is 0 Å². The van der Waals surface area contributed by atoms with Gasteiger partial charge in [-0.3, -0.25) is 9.79 Å². The Morgan fingerprint density at radius 2 is 1.84 bits per heavy atom. The van der Waals surface area contributed by atoms with E-state index in [0.717, 1.165) is 12.8 Å². The predicted molar refractivity (Wildman–Crippen MR) is 79.7 cm³/mol. The van der Waals surface area contributed by atoms with E-state index >= 15 is 0 Å². The molecule has 6 heteroatoms. The van der Waals surface area contributed by atoms with Gasteiger partial charge in [-0.2, -0.15) is 0 Å². The third kappa shape index (κ3) is 11.5. The maximum absolute atomic E-state index is 11.6. The van der Waals surface area contributed by atoms with Crippen LogP contribution in [0.15, 0.2) is 4.99 Å². The Bertz CT molecular complexity index is 264. The van der Waals surface area contributed by atoms with Gasteiger partial charge < -0.3 is 22.5 Å². The number of carbonyl (C=O) groups is 1. The highest BCUT2D eigenvalue weighted by Gasteiger charge is 2.11. The van der Waals surface area contributed by atoms with Crippen LogP contribution in [-0.4, -0.2) is 31.0 Å². The zero-order valence-electron chi connectivity index (χ0n) is 12.0. The molecule has 0 rings (SSSR count). The summed E-state index contributed by atoms with van der Waals surface area (Å²) in [6.45, 7) is 3.41. The number of nitrogens with zero attached hydrogens (tertiary/aromatic N) is 1. The van der Waals surface area contributed by atoms with E-state index in [1.165, 1.54) is 19.3 Å². The van der Waals surface area contributed by atoms with Gasteiger partial charge in [-0.15, -0.1) is 0 Å². The number of hydrogen-bond donors (Lipinski definition) is 4. The Kier molecular flexibility index (Phi) is 11.0. The Balaban J connectivity index is 3.51. The Morgan fingerprint density at radius 3 is 2.47 bits per heavy atom. The van der Waals surface area contributed by atoms with E-state index in [1.54, 1.807) is 0 Å². The SMILES string of the molecule is CCCCCCCNC(=O)C(N)CCCN=C(N)N. The lowest BCUT2D eigenvalue weighted by Gasteiger charge is -2.11. The fourth-order valence-electron chi connectivity index (χ4n) is 1.72. The summed E-state index contributed by atoms with van der Waals surface area (Å²) in [5.41, 5.74) is 16.2. The van der Waals surface area contributed by atoms with Crippen LogP contribution < -0.4 is 22.5 Å². The number of unbranched alkanes of at least 4 members (excludes halogenated alkanes) is 4. The van der Waals surface area contributed by atoms with Crippen molar-refractivity contribution in [2.24, 2.45) is 22.2 Å². The highest BCUT2D eigenvalue weighted by molar-refractivity contribution is 5.81. The zero-order valence-corrected chi connectivity index (χ0v) is 12.0. The molecule has 1 atom stereocenters. The molecule has 0 heterocycles. The highest BCUT2D eigenvalue weighted by Crippen LogP contribution is 2.01. The van der Waals surface area contributed by atoms with Crippen LogP contribution in [0.25, 0.3) is 0 Å². The number of nitrogens with two attached hydrogens (primary N) is 3. The molecule has 0 aromatic rings. The van der Waals surface area contributed by atoms with Crippen molar-refractivity contribution in [3.63, 3.8) is 0 Å². The minimum Gasteiger partial charge on any atom is -0.370 e. The van der Waals surface area contributed by atoms with Gasteiger partial charge in [0.25, 0.3) is 0 Å². The van der Waals surface area contributed by atoms with Crippen molar-refractivity contribution in [2.45, 2.75) is 57.9 Å². The summed E-state index contributed by atoms with van der Waals surface area (Å²) in [6, 6.07) is -0.468. The summed E-state index contributed by atoms with van der Waals surface area (Å²) in [4.78, 5) is 15.5. The van der Waals surface area contributed by atoms with Crippen LogP contribution in [0.3, 0.4) is 0 Å². The number of nitrogens with one attached hydrogen (secondary N) is 1. The van der Waals surface area contributed by atoms with Gasteiger partial charge in [0.2, 0.25) is 5.91 Å². The molecule has 19 heavy (non-hydrogen) atoms. The van der Waals surface area contributed by atoms with E-state index in [0.29, 0.717) is 25.9 Å². The fraction of sp³-hybridized carbons (Fsp3) is 0.846. The van der Waals surface area contributed by atoms with E-state index in [-0.39, 0.29) is 11.9 Å². The second kappa shape index (κ2) is 11.8. The second-order valence-electron chi connectivity index (χ2n) is 4.76. The molecule has 0 saturated heterocycles. The summed E-state index contributed by atoms with van der Waals surface area (Å²) in [6.07, 6.45) is 7.21. The first kappa shape index (κ1) is 17.7. The van der Waals surface area contributed by atoms with Gasteiger partial charge in [-0.05, 0) is 19.3 Å². The van der Waals surface area contributed by atoms with Crippen molar-refractivity contribution in [1.82, 2.24) is 5.32 Å². The van der Waals surface area contributed by atoms with E-state index in [9.17, 15) is 4.79 Å². The highest BCUT2D eigenvalue weighted by atomic mass is 16.2. The fourth-order valence-corrected chi connectivity index (χ4v) is 1.72. The van der Waals surface area contributed by atoms with Crippen molar-refractivity contribution in [3.05, 3.63) is 0 Å². The van der Waals surface area contributed by atoms with Crippen LogP contribution in [0.2, 0.25) is 0 Å². The van der Waals surface area contributed by atoms with Crippen molar-refractivity contribution in [3.8, 4) is 0 Å². The topological polar surface area (TPSA) is 120 Å². The van der Waals surface area contributed by atoms with E-state index in [2.05, 4.69) is 17.2 Å². The average Bonchev–Trinajstić information content (AvgIpc) is 2.38. The van der Waals surface area contributed by atoms with Crippen LogP contribution in [0, 0.1) is 0 Å². The molecule has 0 aliphatic rings. The lowest BCUT2D eigenvalue weighted by molar-refractivity contribution is -0.122. The summed E-state index contributed by atoms with van der Waals surface area (Å²) < 4.78 is 0. The van der Waals surface area contributed by atoms with Crippen LogP contribution in [0.1, 0.15) is 51.9 Å². The molecule has 0 aliphatic heterocycles. The van der Waals surface area contributed by atoms with Crippen molar-refractivity contribution in [2.75, 3.05) is 13.1 Å². The first-order chi connectivity index (χ1) is 9.07. The van der Waals surface area contributed by atoms with Crippen molar-refractivity contribution >= 4 is 11.9 Å². The predicted octanol–water partition coefficient (Wildman–Crippen LogP) is 0.454.